The van der Waals surface area contributed by atoms with Crippen molar-refractivity contribution in [1.29, 1.82) is 0 Å². The molecule has 1 aromatic heterocycles. The van der Waals surface area contributed by atoms with Crippen LogP contribution in [-0.4, -0.2) is 33.9 Å². The van der Waals surface area contributed by atoms with Gasteiger partial charge in [-0.15, -0.1) is 0 Å². The van der Waals surface area contributed by atoms with Gasteiger partial charge in [0.25, 0.3) is 0 Å². The fraction of sp³-hybridized carbons (Fsp3) is 0.769. The van der Waals surface area contributed by atoms with E-state index in [1.54, 1.807) is 0 Å². The van der Waals surface area contributed by atoms with Crippen molar-refractivity contribution in [3.8, 4) is 0 Å². The van der Waals surface area contributed by atoms with E-state index in [4.69, 9.17) is 0 Å². The van der Waals surface area contributed by atoms with Crippen molar-refractivity contribution in [2.24, 2.45) is 12.5 Å². The Labute approximate surface area is 108 Å². The minimum Gasteiger partial charge on any atom is -0.312 e. The van der Waals surface area contributed by atoms with Gasteiger partial charge in [0.15, 0.2) is 0 Å². The van der Waals surface area contributed by atoms with Crippen LogP contribution in [0.3, 0.4) is 0 Å². The zero-order valence-corrected chi connectivity index (χ0v) is 11.9. The second-order valence-electron chi connectivity index (χ2n) is 5.55. The standard InChI is InChI=1S/C13H23N3S/c1-13(2)6-9-17-10-12(13)14-7-4-11-5-8-16(3)15-11/h5,8,12,14H,4,6-7,9-10H2,1-3H3. The van der Waals surface area contributed by atoms with Crippen LogP contribution in [0.2, 0.25) is 0 Å². The third kappa shape index (κ3) is 3.49. The van der Waals surface area contributed by atoms with Crippen molar-refractivity contribution < 1.29 is 0 Å². The zero-order chi connectivity index (χ0) is 12.3. The number of hydrogen-bond donors (Lipinski definition) is 1. The van der Waals surface area contributed by atoms with Gasteiger partial charge in [0.2, 0.25) is 0 Å². The van der Waals surface area contributed by atoms with Crippen LogP contribution in [0.25, 0.3) is 0 Å². The molecule has 1 saturated heterocycles. The number of aryl methyl sites for hydroxylation is 1. The largest absolute Gasteiger partial charge is 0.312 e. The van der Waals surface area contributed by atoms with Crippen LogP contribution in [0.5, 0.6) is 0 Å². The summed E-state index contributed by atoms with van der Waals surface area (Å²) in [6.45, 7) is 5.79. The summed E-state index contributed by atoms with van der Waals surface area (Å²) in [7, 11) is 1.97. The minimum atomic E-state index is 0.440. The summed E-state index contributed by atoms with van der Waals surface area (Å²) in [5.74, 6) is 2.56. The molecule has 1 fully saturated rings. The van der Waals surface area contributed by atoms with E-state index >= 15 is 0 Å². The lowest BCUT2D eigenvalue weighted by molar-refractivity contribution is 0.247. The lowest BCUT2D eigenvalue weighted by Gasteiger charge is -2.38. The van der Waals surface area contributed by atoms with Crippen molar-refractivity contribution in [3.05, 3.63) is 18.0 Å². The molecule has 1 aliphatic heterocycles. The van der Waals surface area contributed by atoms with Crippen LogP contribution < -0.4 is 5.32 Å². The van der Waals surface area contributed by atoms with Crippen molar-refractivity contribution in [1.82, 2.24) is 15.1 Å². The first-order chi connectivity index (χ1) is 8.08. The number of thioether (sulfide) groups is 1. The van der Waals surface area contributed by atoms with Crippen molar-refractivity contribution in [2.45, 2.75) is 32.7 Å². The summed E-state index contributed by atoms with van der Waals surface area (Å²) in [5.41, 5.74) is 1.62. The van der Waals surface area contributed by atoms with E-state index in [-0.39, 0.29) is 0 Å². The average Bonchev–Trinajstić information content (AvgIpc) is 2.67. The molecule has 1 unspecified atom stereocenters. The van der Waals surface area contributed by atoms with Crippen molar-refractivity contribution in [3.63, 3.8) is 0 Å². The van der Waals surface area contributed by atoms with Gasteiger partial charge < -0.3 is 5.32 Å². The van der Waals surface area contributed by atoms with Gasteiger partial charge in [-0.2, -0.15) is 16.9 Å². The number of nitrogens with one attached hydrogen (secondary N) is 1. The van der Waals surface area contributed by atoms with Crippen LogP contribution >= 0.6 is 11.8 Å². The highest BCUT2D eigenvalue weighted by Crippen LogP contribution is 2.33. The number of nitrogens with zero attached hydrogens (tertiary/aromatic N) is 2. The Morgan fingerprint density at radius 3 is 3.06 bits per heavy atom. The van der Waals surface area contributed by atoms with Crippen LogP contribution in [0, 0.1) is 5.41 Å². The lowest BCUT2D eigenvalue weighted by atomic mass is 9.82. The fourth-order valence-corrected chi connectivity index (χ4v) is 3.88. The van der Waals surface area contributed by atoms with Crippen LogP contribution in [0.1, 0.15) is 26.0 Å². The predicted molar refractivity (Wildman–Crippen MR) is 74.4 cm³/mol. The van der Waals surface area contributed by atoms with Gasteiger partial charge >= 0.3 is 0 Å². The summed E-state index contributed by atoms with van der Waals surface area (Å²) in [5, 5.41) is 8.10. The van der Waals surface area contributed by atoms with E-state index in [9.17, 15) is 0 Å². The molecular weight excluding hydrogens is 230 g/mol. The summed E-state index contributed by atoms with van der Waals surface area (Å²) >= 11 is 2.07. The molecule has 3 nitrogen and oxygen atoms in total. The van der Waals surface area contributed by atoms with Crippen LogP contribution in [-0.2, 0) is 13.5 Å². The van der Waals surface area contributed by atoms with E-state index in [1.807, 2.05) is 17.9 Å². The summed E-state index contributed by atoms with van der Waals surface area (Å²) in [6, 6.07) is 2.74. The highest BCUT2D eigenvalue weighted by atomic mass is 32.2. The smallest absolute Gasteiger partial charge is 0.0637 e. The monoisotopic (exact) mass is 253 g/mol. The second-order valence-corrected chi connectivity index (χ2v) is 6.70. The Bertz CT molecular complexity index is 359. The molecule has 2 heterocycles. The maximum Gasteiger partial charge on any atom is 0.0637 e. The maximum absolute atomic E-state index is 4.40. The maximum atomic E-state index is 4.40. The molecule has 0 saturated carbocycles. The zero-order valence-electron chi connectivity index (χ0n) is 11.1. The second kappa shape index (κ2) is 5.44. The summed E-state index contributed by atoms with van der Waals surface area (Å²) in [6.07, 6.45) is 4.35. The highest BCUT2D eigenvalue weighted by Gasteiger charge is 2.31. The molecule has 0 aliphatic carbocycles. The van der Waals surface area contributed by atoms with E-state index in [0.29, 0.717) is 11.5 Å². The molecule has 1 atom stereocenters. The van der Waals surface area contributed by atoms with E-state index in [0.717, 1.165) is 13.0 Å². The van der Waals surface area contributed by atoms with Gasteiger partial charge in [-0.05, 0) is 23.7 Å². The van der Waals surface area contributed by atoms with Crippen LogP contribution in [0.15, 0.2) is 12.3 Å². The van der Waals surface area contributed by atoms with Gasteiger partial charge in [0.05, 0.1) is 5.69 Å². The molecule has 1 aromatic rings. The summed E-state index contributed by atoms with van der Waals surface area (Å²) < 4.78 is 1.87. The third-order valence-corrected chi connectivity index (χ3v) is 4.72. The average molecular weight is 253 g/mol. The van der Waals surface area contributed by atoms with Gasteiger partial charge in [-0.1, -0.05) is 13.8 Å². The molecule has 0 radical (unpaired) electrons. The molecule has 2 rings (SSSR count). The predicted octanol–water partition coefficient (Wildman–Crippen LogP) is 2.08. The normalized spacial score (nSPS) is 23.8. The van der Waals surface area contributed by atoms with Gasteiger partial charge in [0, 0.05) is 38.0 Å². The number of hydrogen-bond acceptors (Lipinski definition) is 3. The Morgan fingerprint density at radius 1 is 1.59 bits per heavy atom. The van der Waals surface area contributed by atoms with E-state index in [1.165, 1.54) is 23.6 Å². The minimum absolute atomic E-state index is 0.440. The first-order valence-corrected chi connectivity index (χ1v) is 7.53. The van der Waals surface area contributed by atoms with Gasteiger partial charge in [-0.3, -0.25) is 4.68 Å². The third-order valence-electron chi connectivity index (χ3n) is 3.66. The summed E-state index contributed by atoms with van der Waals surface area (Å²) in [4.78, 5) is 0. The van der Waals surface area contributed by atoms with Gasteiger partial charge in [0.1, 0.15) is 0 Å². The quantitative estimate of drug-likeness (QED) is 0.891. The van der Waals surface area contributed by atoms with E-state index in [2.05, 4.69) is 42.1 Å². The van der Waals surface area contributed by atoms with Crippen LogP contribution in [0.4, 0.5) is 0 Å². The molecular formula is C13H23N3S. The Hall–Kier alpha value is -0.480. The number of aromatic nitrogens is 2. The molecule has 0 bridgehead atoms. The Morgan fingerprint density at radius 2 is 2.41 bits per heavy atom. The van der Waals surface area contributed by atoms with Gasteiger partial charge in [-0.25, -0.2) is 0 Å². The molecule has 96 valence electrons. The van der Waals surface area contributed by atoms with Crippen molar-refractivity contribution in [2.75, 3.05) is 18.1 Å². The SMILES string of the molecule is Cn1ccc(CCNC2CSCCC2(C)C)n1. The lowest BCUT2D eigenvalue weighted by Crippen LogP contribution is -2.47. The number of rotatable bonds is 4. The molecule has 4 heteroatoms. The Kier molecular flexibility index (Phi) is 4.15. The molecule has 0 aromatic carbocycles. The van der Waals surface area contributed by atoms with E-state index < -0.39 is 0 Å². The Balaban J connectivity index is 1.77. The molecule has 17 heavy (non-hydrogen) atoms. The molecule has 0 spiro atoms. The molecule has 0 amide bonds. The van der Waals surface area contributed by atoms with Crippen molar-refractivity contribution >= 4 is 11.8 Å². The first kappa shape index (κ1) is 13.0. The molecule has 1 N–H and O–H groups in total. The topological polar surface area (TPSA) is 29.9 Å². The first-order valence-electron chi connectivity index (χ1n) is 6.37. The molecule has 1 aliphatic rings. The fourth-order valence-electron chi connectivity index (χ4n) is 2.24. The highest BCUT2D eigenvalue weighted by molar-refractivity contribution is 7.99.